The second kappa shape index (κ2) is 7.47. The summed E-state index contributed by atoms with van der Waals surface area (Å²) in [4.78, 5) is 14.6. The van der Waals surface area contributed by atoms with Crippen molar-refractivity contribution in [2.45, 2.75) is 63.1 Å². The van der Waals surface area contributed by atoms with Gasteiger partial charge in [-0.2, -0.15) is 0 Å². The van der Waals surface area contributed by atoms with Crippen molar-refractivity contribution in [2.24, 2.45) is 0 Å². The lowest BCUT2D eigenvalue weighted by molar-refractivity contribution is 0.0489. The number of hydrogen-bond acceptors (Lipinski definition) is 3. The Balaban J connectivity index is 1.51. The number of aromatic nitrogens is 1. The van der Waals surface area contributed by atoms with E-state index in [1.807, 2.05) is 18.3 Å². The van der Waals surface area contributed by atoms with Crippen LogP contribution in [0.3, 0.4) is 0 Å². The van der Waals surface area contributed by atoms with Crippen LogP contribution < -0.4 is 4.74 Å². The van der Waals surface area contributed by atoms with E-state index in [-0.39, 0.29) is 23.7 Å². The highest BCUT2D eigenvalue weighted by Crippen LogP contribution is 2.49. The van der Waals surface area contributed by atoms with E-state index in [9.17, 15) is 15.0 Å². The van der Waals surface area contributed by atoms with E-state index in [0.29, 0.717) is 12.3 Å². The molecular weight excluding hydrogens is 378 g/mol. The highest BCUT2D eigenvalue weighted by molar-refractivity contribution is 5.90. The Morgan fingerprint density at radius 1 is 1.10 bits per heavy atom. The van der Waals surface area contributed by atoms with Gasteiger partial charge in [0.15, 0.2) is 0 Å². The van der Waals surface area contributed by atoms with Gasteiger partial charge in [0.25, 0.3) is 0 Å². The van der Waals surface area contributed by atoms with Crippen molar-refractivity contribution in [1.29, 1.82) is 0 Å². The van der Waals surface area contributed by atoms with Crippen LogP contribution in [-0.4, -0.2) is 33.4 Å². The van der Waals surface area contributed by atoms with Gasteiger partial charge >= 0.3 is 5.97 Å². The number of benzene rings is 2. The molecule has 0 bridgehead atoms. The summed E-state index contributed by atoms with van der Waals surface area (Å²) in [6.07, 6.45) is 6.08. The monoisotopic (exact) mass is 405 g/mol. The number of aromatic carboxylic acids is 1. The average Bonchev–Trinajstić information content (AvgIpc) is 3.46. The number of rotatable bonds is 5. The number of aromatic amines is 1. The van der Waals surface area contributed by atoms with E-state index in [1.54, 1.807) is 12.1 Å². The summed E-state index contributed by atoms with van der Waals surface area (Å²) in [5, 5.41) is 20.7. The molecule has 2 fully saturated rings. The van der Waals surface area contributed by atoms with E-state index < -0.39 is 5.97 Å². The molecule has 5 rings (SSSR count). The number of aryl methyl sites for hydroxylation is 1. The Kier molecular flexibility index (Phi) is 4.78. The van der Waals surface area contributed by atoms with Crippen LogP contribution in [0.4, 0.5) is 0 Å². The summed E-state index contributed by atoms with van der Waals surface area (Å²) >= 11 is 0. The minimum Gasteiger partial charge on any atom is -0.489 e. The third-order valence-corrected chi connectivity index (χ3v) is 6.65. The first-order valence-electron chi connectivity index (χ1n) is 10.8. The summed E-state index contributed by atoms with van der Waals surface area (Å²) in [5.74, 6) is 0.647. The Morgan fingerprint density at radius 2 is 1.87 bits per heavy atom. The average molecular weight is 405 g/mol. The molecule has 2 aliphatic carbocycles. The summed E-state index contributed by atoms with van der Waals surface area (Å²) in [5.41, 5.74) is 4.95. The van der Waals surface area contributed by atoms with Crippen molar-refractivity contribution in [1.82, 2.24) is 4.98 Å². The molecule has 0 spiro atoms. The molecular formula is C25H27NO4. The smallest absolute Gasteiger partial charge is 0.335 e. The van der Waals surface area contributed by atoms with Crippen LogP contribution in [0, 0.1) is 6.92 Å². The zero-order valence-corrected chi connectivity index (χ0v) is 17.1. The first-order valence-corrected chi connectivity index (χ1v) is 10.8. The molecule has 3 atom stereocenters. The van der Waals surface area contributed by atoms with Crippen LogP contribution in [0.2, 0.25) is 0 Å². The standard InChI is InChI=1S/C25H27NO4/c1-14-12-21(16-2-3-16)24(19-10-11-26-23(14)19)30-22-9-8-18(27)13-20(22)15-4-6-17(7-5-15)25(28)29/h4-7,10-12,16,18,20,22,26-27H,2-3,8-9,13H2,1H3,(H,28,29)/t18-,20?,22+/m0/s1. The molecule has 156 valence electrons. The Hall–Kier alpha value is -2.79. The Labute approximate surface area is 175 Å². The van der Waals surface area contributed by atoms with E-state index in [0.717, 1.165) is 35.1 Å². The zero-order valence-electron chi connectivity index (χ0n) is 17.1. The molecule has 1 heterocycles. The number of H-pyrrole nitrogens is 1. The van der Waals surface area contributed by atoms with Gasteiger partial charge in [-0.25, -0.2) is 4.79 Å². The minimum absolute atomic E-state index is 0.0268. The number of carboxylic acid groups (broad SMARTS) is 1. The van der Waals surface area contributed by atoms with E-state index >= 15 is 0 Å². The van der Waals surface area contributed by atoms with Gasteiger partial charge in [0, 0.05) is 17.5 Å². The van der Waals surface area contributed by atoms with Gasteiger partial charge in [-0.15, -0.1) is 0 Å². The quantitative estimate of drug-likeness (QED) is 0.550. The molecule has 3 N–H and O–H groups in total. The first kappa shape index (κ1) is 19.2. The summed E-state index contributed by atoms with van der Waals surface area (Å²) in [6.45, 7) is 2.14. The maximum Gasteiger partial charge on any atom is 0.335 e. The van der Waals surface area contributed by atoms with Gasteiger partial charge < -0.3 is 19.9 Å². The lowest BCUT2D eigenvalue weighted by Gasteiger charge is -2.35. The molecule has 0 aliphatic heterocycles. The second-order valence-corrected chi connectivity index (χ2v) is 8.81. The van der Waals surface area contributed by atoms with Crippen LogP contribution in [-0.2, 0) is 0 Å². The van der Waals surface area contributed by atoms with Crippen molar-refractivity contribution < 1.29 is 19.7 Å². The molecule has 2 saturated carbocycles. The molecule has 3 aromatic rings. The van der Waals surface area contributed by atoms with Gasteiger partial charge in [-0.05, 0) is 79.8 Å². The lowest BCUT2D eigenvalue weighted by atomic mass is 9.80. The predicted molar refractivity (Wildman–Crippen MR) is 115 cm³/mol. The molecule has 5 heteroatoms. The molecule has 2 aliphatic rings. The van der Waals surface area contributed by atoms with E-state index in [2.05, 4.69) is 24.0 Å². The van der Waals surface area contributed by atoms with Gasteiger partial charge in [0.1, 0.15) is 11.9 Å². The second-order valence-electron chi connectivity index (χ2n) is 8.81. The van der Waals surface area contributed by atoms with Gasteiger partial charge in [-0.1, -0.05) is 18.2 Å². The highest BCUT2D eigenvalue weighted by atomic mass is 16.5. The number of hydrogen-bond donors (Lipinski definition) is 3. The SMILES string of the molecule is Cc1cc(C2CC2)c(O[C@@H]2CC[C@H](O)CC2c2ccc(C(=O)O)cc2)c2cc[nH]c12. The first-order chi connectivity index (χ1) is 14.5. The van der Waals surface area contributed by atoms with Crippen molar-refractivity contribution in [3.05, 3.63) is 64.8 Å². The molecule has 0 amide bonds. The fourth-order valence-electron chi connectivity index (χ4n) is 4.88. The minimum atomic E-state index is -0.929. The summed E-state index contributed by atoms with van der Waals surface area (Å²) in [7, 11) is 0. The fourth-order valence-corrected chi connectivity index (χ4v) is 4.88. The Morgan fingerprint density at radius 3 is 2.57 bits per heavy atom. The molecule has 0 saturated heterocycles. The van der Waals surface area contributed by atoms with Gasteiger partial charge in [0.2, 0.25) is 0 Å². The van der Waals surface area contributed by atoms with Crippen LogP contribution in [0.1, 0.15) is 71.0 Å². The van der Waals surface area contributed by atoms with Crippen molar-refractivity contribution >= 4 is 16.9 Å². The summed E-state index contributed by atoms with van der Waals surface area (Å²) < 4.78 is 6.76. The molecule has 1 unspecified atom stereocenters. The highest BCUT2D eigenvalue weighted by Gasteiger charge is 2.35. The van der Waals surface area contributed by atoms with Crippen LogP contribution >= 0.6 is 0 Å². The van der Waals surface area contributed by atoms with Crippen molar-refractivity contribution in [3.8, 4) is 5.75 Å². The number of ether oxygens (including phenoxy) is 1. The maximum atomic E-state index is 11.2. The number of aliphatic hydroxyl groups excluding tert-OH is 1. The fraction of sp³-hybridized carbons (Fsp3) is 0.400. The molecule has 0 radical (unpaired) electrons. The van der Waals surface area contributed by atoms with Crippen LogP contribution in [0.15, 0.2) is 42.6 Å². The third kappa shape index (κ3) is 3.47. The number of nitrogens with one attached hydrogen (secondary N) is 1. The molecule has 30 heavy (non-hydrogen) atoms. The van der Waals surface area contributed by atoms with Crippen molar-refractivity contribution in [2.75, 3.05) is 0 Å². The molecule has 2 aromatic carbocycles. The van der Waals surface area contributed by atoms with Crippen LogP contribution in [0.25, 0.3) is 10.9 Å². The molecule has 5 nitrogen and oxygen atoms in total. The van der Waals surface area contributed by atoms with Crippen molar-refractivity contribution in [3.63, 3.8) is 0 Å². The lowest BCUT2D eigenvalue weighted by Crippen LogP contribution is -2.34. The number of aliphatic hydroxyl groups is 1. The largest absolute Gasteiger partial charge is 0.489 e. The van der Waals surface area contributed by atoms with Crippen LogP contribution in [0.5, 0.6) is 5.75 Å². The summed E-state index contributed by atoms with van der Waals surface area (Å²) in [6, 6.07) is 11.4. The predicted octanol–water partition coefficient (Wildman–Crippen LogP) is 5.13. The zero-order chi connectivity index (χ0) is 20.8. The maximum absolute atomic E-state index is 11.2. The normalized spacial score (nSPS) is 24.1. The third-order valence-electron chi connectivity index (χ3n) is 6.65. The number of carboxylic acids is 1. The number of carbonyl (C=O) groups is 1. The van der Waals surface area contributed by atoms with Gasteiger partial charge in [-0.3, -0.25) is 0 Å². The van der Waals surface area contributed by atoms with E-state index in [1.165, 1.54) is 24.0 Å². The Bertz CT molecular complexity index is 1080. The van der Waals surface area contributed by atoms with E-state index in [4.69, 9.17) is 4.74 Å². The topological polar surface area (TPSA) is 82.6 Å². The number of fused-ring (bicyclic) bond motifs is 1. The van der Waals surface area contributed by atoms with Gasteiger partial charge in [0.05, 0.1) is 17.2 Å². The molecule has 1 aromatic heterocycles.